The van der Waals surface area contributed by atoms with Gasteiger partial charge < -0.3 is 19.7 Å². The number of carbonyl (C=O) groups excluding carboxylic acids is 2. The lowest BCUT2D eigenvalue weighted by Gasteiger charge is -2.02. The van der Waals surface area contributed by atoms with Crippen molar-refractivity contribution < 1.29 is 29.3 Å². The minimum absolute atomic E-state index is 0.0178. The number of aromatic nitrogens is 4. The van der Waals surface area contributed by atoms with Gasteiger partial charge in [-0.25, -0.2) is 9.97 Å². The number of imidazole rings is 2. The van der Waals surface area contributed by atoms with E-state index in [-0.39, 0.29) is 39.3 Å². The largest absolute Gasteiger partial charge is 0.459 e. The number of hydrogen-bond acceptors (Lipinski definition) is 9. The zero-order valence-electron chi connectivity index (χ0n) is 22.8. The van der Waals surface area contributed by atoms with Crippen LogP contribution in [0.1, 0.15) is 41.1 Å². The third-order valence-corrected chi connectivity index (χ3v) is 6.97. The third kappa shape index (κ3) is 8.39. The first-order chi connectivity index (χ1) is 20.9. The summed E-state index contributed by atoms with van der Waals surface area (Å²) in [6, 6.07) is 20.4. The summed E-state index contributed by atoms with van der Waals surface area (Å²) >= 11 is 2.16. The number of halogens is 1. The molecule has 0 unspecified atom stereocenters. The molecule has 218 valence electrons. The van der Waals surface area contributed by atoms with Crippen molar-refractivity contribution in [2.24, 2.45) is 0 Å². The smallest absolute Gasteiger partial charge is 0.308 e. The standard InChI is InChI=1S/C20H15N3O3.C11H11IN2O3/c21-13-16-5-3-4-15(12-16)7-8-18-17(14-26-20(25)9-11-24)22-19-6-1-2-10-23(18)19;12-11-8(7-17-10(16)4-6-15)13-9-3-1-2-5-14(9)11/h1-6,10,12,24H,9,11,14H2;1-3,5,15H,4,6-7H2. The van der Waals surface area contributed by atoms with Crippen LogP contribution in [0, 0.1) is 26.9 Å². The molecule has 0 aliphatic heterocycles. The van der Waals surface area contributed by atoms with Gasteiger partial charge in [0, 0.05) is 18.0 Å². The number of nitrogens with zero attached hydrogens (tertiary/aromatic N) is 5. The van der Waals surface area contributed by atoms with Gasteiger partial charge in [0.2, 0.25) is 0 Å². The number of benzene rings is 1. The van der Waals surface area contributed by atoms with Crippen molar-refractivity contribution in [2.75, 3.05) is 13.2 Å². The van der Waals surface area contributed by atoms with E-state index in [2.05, 4.69) is 50.5 Å². The first kappa shape index (κ1) is 31.2. The van der Waals surface area contributed by atoms with E-state index in [0.717, 1.165) is 15.0 Å². The number of nitriles is 1. The number of ether oxygens (including phenoxy) is 2. The average molecular weight is 691 g/mol. The molecule has 0 fully saturated rings. The summed E-state index contributed by atoms with van der Waals surface area (Å²) in [7, 11) is 0. The topological polar surface area (TPSA) is 151 Å². The molecule has 0 aliphatic carbocycles. The quantitative estimate of drug-likeness (QED) is 0.142. The fourth-order valence-corrected chi connectivity index (χ4v) is 4.49. The van der Waals surface area contributed by atoms with Crippen molar-refractivity contribution in [2.45, 2.75) is 26.1 Å². The van der Waals surface area contributed by atoms with Gasteiger partial charge in [0.1, 0.15) is 45.3 Å². The molecule has 0 spiro atoms. The van der Waals surface area contributed by atoms with Crippen LogP contribution in [0.15, 0.2) is 73.1 Å². The number of pyridine rings is 2. The molecule has 0 amide bonds. The molecule has 2 N–H and O–H groups in total. The molecule has 4 aromatic heterocycles. The summed E-state index contributed by atoms with van der Waals surface area (Å²) in [6.07, 6.45) is 3.69. The zero-order chi connectivity index (χ0) is 30.6. The minimum Gasteiger partial charge on any atom is -0.459 e. The molecule has 0 bridgehead atoms. The van der Waals surface area contributed by atoms with Crippen LogP contribution in [0.3, 0.4) is 0 Å². The Morgan fingerprint density at radius 2 is 1.37 bits per heavy atom. The Morgan fingerprint density at radius 1 is 0.791 bits per heavy atom. The highest BCUT2D eigenvalue weighted by Gasteiger charge is 2.13. The summed E-state index contributed by atoms with van der Waals surface area (Å²) in [5, 5.41) is 26.4. The molecule has 0 atom stereocenters. The fraction of sp³-hybridized carbons (Fsp3) is 0.194. The number of carbonyl (C=O) groups is 2. The predicted octanol–water partition coefficient (Wildman–Crippen LogP) is 3.40. The number of aliphatic hydroxyl groups is 2. The Morgan fingerprint density at radius 3 is 2.00 bits per heavy atom. The summed E-state index contributed by atoms with van der Waals surface area (Å²) < 4.78 is 14.8. The van der Waals surface area contributed by atoms with Crippen LogP contribution in [0.5, 0.6) is 0 Å². The maximum Gasteiger partial charge on any atom is 0.308 e. The molecule has 11 nitrogen and oxygen atoms in total. The molecule has 43 heavy (non-hydrogen) atoms. The van der Waals surface area contributed by atoms with Crippen LogP contribution in [0.4, 0.5) is 0 Å². The van der Waals surface area contributed by atoms with E-state index in [9.17, 15) is 9.59 Å². The molecular formula is C31H26IN5O6. The molecule has 0 saturated carbocycles. The van der Waals surface area contributed by atoms with Crippen LogP contribution >= 0.6 is 22.6 Å². The highest BCUT2D eigenvalue weighted by Crippen LogP contribution is 2.16. The van der Waals surface area contributed by atoms with Gasteiger partial charge in [0.25, 0.3) is 0 Å². The van der Waals surface area contributed by atoms with Gasteiger partial charge in [0.15, 0.2) is 0 Å². The molecule has 0 saturated heterocycles. The van der Waals surface area contributed by atoms with E-state index in [4.69, 9.17) is 24.9 Å². The Labute approximate surface area is 260 Å². The molecule has 0 aliphatic rings. The van der Waals surface area contributed by atoms with Crippen molar-refractivity contribution in [3.63, 3.8) is 0 Å². The predicted molar refractivity (Wildman–Crippen MR) is 163 cm³/mol. The second kappa shape index (κ2) is 15.5. The van der Waals surface area contributed by atoms with E-state index in [1.807, 2.05) is 63.7 Å². The molecule has 5 rings (SSSR count). The summed E-state index contributed by atoms with van der Waals surface area (Å²) in [5.41, 5.74) is 4.63. The maximum atomic E-state index is 11.5. The second-order valence-electron chi connectivity index (χ2n) is 8.83. The number of fused-ring (bicyclic) bond motifs is 2. The van der Waals surface area contributed by atoms with E-state index in [1.54, 1.807) is 18.2 Å². The van der Waals surface area contributed by atoms with Gasteiger partial charge in [-0.05, 0) is 71.0 Å². The van der Waals surface area contributed by atoms with Crippen molar-refractivity contribution in [3.05, 3.63) is 105 Å². The van der Waals surface area contributed by atoms with E-state index in [0.29, 0.717) is 28.2 Å². The first-order valence-corrected chi connectivity index (χ1v) is 14.1. The van der Waals surface area contributed by atoms with Gasteiger partial charge in [-0.2, -0.15) is 5.26 Å². The molecule has 12 heteroatoms. The Balaban J connectivity index is 0.000000215. The summed E-state index contributed by atoms with van der Waals surface area (Å²) in [6.45, 7) is -0.339. The lowest BCUT2D eigenvalue weighted by atomic mass is 10.1. The Bertz CT molecular complexity index is 1850. The van der Waals surface area contributed by atoms with Crippen molar-refractivity contribution in [1.29, 1.82) is 5.26 Å². The molecule has 1 aromatic carbocycles. The lowest BCUT2D eigenvalue weighted by Crippen LogP contribution is -2.07. The van der Waals surface area contributed by atoms with Crippen molar-refractivity contribution in [1.82, 2.24) is 18.8 Å². The average Bonchev–Trinajstić information content (AvgIpc) is 3.55. The van der Waals surface area contributed by atoms with Crippen LogP contribution in [-0.2, 0) is 32.3 Å². The summed E-state index contributed by atoms with van der Waals surface area (Å²) in [5.74, 6) is 5.17. The molecule has 5 aromatic rings. The molecular weight excluding hydrogens is 665 g/mol. The van der Waals surface area contributed by atoms with Crippen molar-refractivity contribution in [3.8, 4) is 17.9 Å². The zero-order valence-corrected chi connectivity index (χ0v) is 25.0. The second-order valence-corrected chi connectivity index (χ2v) is 9.85. The maximum absolute atomic E-state index is 11.5. The normalized spacial score (nSPS) is 10.3. The monoisotopic (exact) mass is 691 g/mol. The highest BCUT2D eigenvalue weighted by molar-refractivity contribution is 14.1. The third-order valence-electron chi connectivity index (χ3n) is 5.83. The number of aliphatic hydroxyl groups excluding tert-OH is 2. The van der Waals surface area contributed by atoms with Crippen LogP contribution in [0.2, 0.25) is 0 Å². The highest BCUT2D eigenvalue weighted by atomic mass is 127. The van der Waals surface area contributed by atoms with Gasteiger partial charge >= 0.3 is 11.9 Å². The number of rotatable bonds is 8. The van der Waals surface area contributed by atoms with Crippen molar-refractivity contribution >= 4 is 45.8 Å². The lowest BCUT2D eigenvalue weighted by molar-refractivity contribution is -0.146. The molecule has 4 heterocycles. The van der Waals surface area contributed by atoms with E-state index >= 15 is 0 Å². The van der Waals surface area contributed by atoms with E-state index in [1.165, 1.54) is 0 Å². The minimum atomic E-state index is -0.495. The van der Waals surface area contributed by atoms with Gasteiger partial charge in [-0.15, -0.1) is 0 Å². The van der Waals surface area contributed by atoms with Crippen LogP contribution < -0.4 is 0 Å². The van der Waals surface area contributed by atoms with Crippen LogP contribution in [-0.4, -0.2) is 54.1 Å². The number of esters is 2. The molecule has 0 radical (unpaired) electrons. The summed E-state index contributed by atoms with van der Waals surface area (Å²) in [4.78, 5) is 31.5. The first-order valence-electron chi connectivity index (χ1n) is 13.1. The van der Waals surface area contributed by atoms with Crippen LogP contribution in [0.25, 0.3) is 11.3 Å². The van der Waals surface area contributed by atoms with E-state index < -0.39 is 11.9 Å². The van der Waals surface area contributed by atoms with Gasteiger partial charge in [-0.1, -0.05) is 24.1 Å². The Hall–Kier alpha value is -4.76. The van der Waals surface area contributed by atoms with Gasteiger partial charge in [0.05, 0.1) is 37.7 Å². The fourth-order valence-electron chi connectivity index (χ4n) is 3.81. The van der Waals surface area contributed by atoms with Gasteiger partial charge in [-0.3, -0.25) is 18.4 Å². The number of hydrogen-bond donors (Lipinski definition) is 2. The SMILES string of the molecule is N#Cc1cccc(C#Cc2c(COC(=O)CCO)nc3ccccn23)c1.O=C(CCO)OCc1nc2ccccn2c1I. The Kier molecular flexibility index (Phi) is 11.2.